The summed E-state index contributed by atoms with van der Waals surface area (Å²) in [6.45, 7) is 4.01. The highest BCUT2D eigenvalue weighted by molar-refractivity contribution is 5.94. The van der Waals surface area contributed by atoms with Crippen LogP contribution in [0, 0.1) is 11.8 Å². The van der Waals surface area contributed by atoms with Gasteiger partial charge in [-0.1, -0.05) is 19.9 Å². The van der Waals surface area contributed by atoms with Crippen LogP contribution in [0.1, 0.15) is 43.5 Å². The van der Waals surface area contributed by atoms with Crippen molar-refractivity contribution in [2.75, 3.05) is 6.61 Å². The first-order valence-electron chi connectivity index (χ1n) is 7.71. The molecule has 5 nitrogen and oxygen atoms in total. The van der Waals surface area contributed by atoms with E-state index in [-0.39, 0.29) is 11.9 Å². The number of rotatable bonds is 5. The summed E-state index contributed by atoms with van der Waals surface area (Å²) < 4.78 is 5.10. The van der Waals surface area contributed by atoms with E-state index in [2.05, 4.69) is 19.2 Å². The van der Waals surface area contributed by atoms with Gasteiger partial charge in [-0.2, -0.15) is 0 Å². The maximum Gasteiger partial charge on any atom is 0.341 e. The Morgan fingerprint density at radius 2 is 2.09 bits per heavy atom. The van der Waals surface area contributed by atoms with Crippen LogP contribution in [-0.2, 0) is 4.79 Å². The van der Waals surface area contributed by atoms with E-state index < -0.39 is 12.6 Å². The van der Waals surface area contributed by atoms with Crippen molar-refractivity contribution in [2.45, 2.75) is 39.2 Å². The molecule has 1 amide bonds. The van der Waals surface area contributed by atoms with Crippen molar-refractivity contribution in [3.05, 3.63) is 29.8 Å². The summed E-state index contributed by atoms with van der Waals surface area (Å²) in [7, 11) is 0. The maximum absolute atomic E-state index is 12.3. The third-order valence-corrected chi connectivity index (χ3v) is 4.21. The number of hydrogen-bond donors (Lipinski definition) is 2. The second-order valence-corrected chi connectivity index (χ2v) is 6.19. The van der Waals surface area contributed by atoms with Crippen LogP contribution in [0.4, 0.5) is 0 Å². The highest BCUT2D eigenvalue weighted by Gasteiger charge is 2.26. The Kier molecular flexibility index (Phi) is 5.41. The van der Waals surface area contributed by atoms with E-state index in [1.807, 2.05) is 0 Å². The number of amides is 1. The van der Waals surface area contributed by atoms with Gasteiger partial charge in [0, 0.05) is 11.6 Å². The Bertz CT molecular complexity index is 543. The number of carbonyl (C=O) groups is 2. The van der Waals surface area contributed by atoms with Gasteiger partial charge in [-0.3, -0.25) is 4.79 Å². The lowest BCUT2D eigenvalue weighted by Crippen LogP contribution is -2.42. The summed E-state index contributed by atoms with van der Waals surface area (Å²) in [6.07, 6.45) is 3.27. The van der Waals surface area contributed by atoms with Crippen LogP contribution in [0.25, 0.3) is 0 Å². The Morgan fingerprint density at radius 3 is 2.77 bits per heavy atom. The molecule has 2 rings (SSSR count). The van der Waals surface area contributed by atoms with E-state index in [9.17, 15) is 9.59 Å². The third kappa shape index (κ3) is 4.48. The number of carbonyl (C=O) groups excluding carboxylic acids is 1. The van der Waals surface area contributed by atoms with Gasteiger partial charge in [-0.05, 0) is 49.3 Å². The Hall–Kier alpha value is -2.04. The zero-order chi connectivity index (χ0) is 16.1. The number of carboxylic acids is 1. The number of benzene rings is 1. The molecule has 120 valence electrons. The monoisotopic (exact) mass is 305 g/mol. The van der Waals surface area contributed by atoms with Crippen LogP contribution in [0.3, 0.4) is 0 Å². The highest BCUT2D eigenvalue weighted by atomic mass is 16.5. The molecule has 3 atom stereocenters. The zero-order valence-electron chi connectivity index (χ0n) is 13.0. The van der Waals surface area contributed by atoms with Crippen molar-refractivity contribution in [3.63, 3.8) is 0 Å². The van der Waals surface area contributed by atoms with Crippen LogP contribution < -0.4 is 10.1 Å². The van der Waals surface area contributed by atoms with Crippen molar-refractivity contribution in [1.82, 2.24) is 5.32 Å². The molecule has 5 heteroatoms. The quantitative estimate of drug-likeness (QED) is 0.877. The molecular weight excluding hydrogens is 282 g/mol. The minimum Gasteiger partial charge on any atom is -0.482 e. The molecule has 0 aromatic heterocycles. The van der Waals surface area contributed by atoms with Crippen molar-refractivity contribution in [2.24, 2.45) is 11.8 Å². The van der Waals surface area contributed by atoms with Crippen molar-refractivity contribution >= 4 is 11.9 Å². The first-order chi connectivity index (χ1) is 10.5. The molecule has 1 aromatic carbocycles. The standard InChI is InChI=1S/C17H23NO4/c1-11-6-7-15(12(2)8-11)18-17(21)13-4-3-5-14(9-13)22-10-16(19)20/h3-5,9,11-12,15H,6-8,10H2,1-2H3,(H,18,21)(H,19,20). The minimum atomic E-state index is -1.04. The smallest absolute Gasteiger partial charge is 0.341 e. The van der Waals surface area contributed by atoms with Gasteiger partial charge in [0.05, 0.1) is 0 Å². The number of aliphatic carboxylic acids is 1. The summed E-state index contributed by atoms with van der Waals surface area (Å²) in [5, 5.41) is 11.7. The number of nitrogens with one attached hydrogen (secondary N) is 1. The Labute approximate surface area is 130 Å². The third-order valence-electron chi connectivity index (χ3n) is 4.21. The Morgan fingerprint density at radius 1 is 1.32 bits per heavy atom. The second-order valence-electron chi connectivity index (χ2n) is 6.19. The van der Waals surface area contributed by atoms with E-state index >= 15 is 0 Å². The summed E-state index contributed by atoms with van der Waals surface area (Å²) in [5.41, 5.74) is 0.494. The second kappa shape index (κ2) is 7.29. The molecule has 1 saturated carbocycles. The van der Waals surface area contributed by atoms with Crippen molar-refractivity contribution in [3.8, 4) is 5.75 Å². The molecule has 0 bridgehead atoms. The van der Waals surface area contributed by atoms with Crippen molar-refractivity contribution < 1.29 is 19.4 Å². The fraction of sp³-hybridized carbons (Fsp3) is 0.529. The van der Waals surface area contributed by atoms with Gasteiger partial charge in [-0.15, -0.1) is 0 Å². The van der Waals surface area contributed by atoms with Crippen LogP contribution in [0.15, 0.2) is 24.3 Å². The first-order valence-corrected chi connectivity index (χ1v) is 7.71. The van der Waals surface area contributed by atoms with Gasteiger partial charge in [-0.25, -0.2) is 4.79 Å². The molecule has 0 aliphatic heterocycles. The molecule has 1 aromatic rings. The summed E-state index contributed by atoms with van der Waals surface area (Å²) in [4.78, 5) is 22.9. The van der Waals surface area contributed by atoms with Crippen LogP contribution in [-0.4, -0.2) is 29.6 Å². The SMILES string of the molecule is CC1CCC(NC(=O)c2cccc(OCC(=O)O)c2)C(C)C1. The normalized spacial score (nSPS) is 24.5. The minimum absolute atomic E-state index is 0.132. The molecule has 22 heavy (non-hydrogen) atoms. The fourth-order valence-electron chi connectivity index (χ4n) is 3.00. The van der Waals surface area contributed by atoms with E-state index in [1.54, 1.807) is 24.3 Å². The predicted molar refractivity (Wildman–Crippen MR) is 83.0 cm³/mol. The van der Waals surface area contributed by atoms with Crippen LogP contribution in [0.5, 0.6) is 5.75 Å². The average Bonchev–Trinajstić information content (AvgIpc) is 2.48. The molecule has 3 unspecified atom stereocenters. The average molecular weight is 305 g/mol. The molecule has 2 N–H and O–H groups in total. The van der Waals surface area contributed by atoms with Gasteiger partial charge in [0.1, 0.15) is 5.75 Å². The lowest BCUT2D eigenvalue weighted by atomic mass is 9.80. The number of ether oxygens (including phenoxy) is 1. The lowest BCUT2D eigenvalue weighted by molar-refractivity contribution is -0.139. The molecule has 0 radical (unpaired) electrons. The zero-order valence-corrected chi connectivity index (χ0v) is 13.0. The van der Waals surface area contributed by atoms with E-state index in [1.165, 1.54) is 0 Å². The van der Waals surface area contributed by atoms with E-state index in [0.29, 0.717) is 17.2 Å². The van der Waals surface area contributed by atoms with E-state index in [0.717, 1.165) is 25.2 Å². The van der Waals surface area contributed by atoms with Crippen LogP contribution >= 0.6 is 0 Å². The van der Waals surface area contributed by atoms with Gasteiger partial charge in [0.15, 0.2) is 6.61 Å². The van der Waals surface area contributed by atoms with Gasteiger partial charge >= 0.3 is 5.97 Å². The first kappa shape index (κ1) is 16.3. The van der Waals surface area contributed by atoms with E-state index in [4.69, 9.17) is 9.84 Å². The molecule has 1 aliphatic rings. The lowest BCUT2D eigenvalue weighted by Gasteiger charge is -2.33. The maximum atomic E-state index is 12.3. The molecule has 0 heterocycles. The highest BCUT2D eigenvalue weighted by Crippen LogP contribution is 2.28. The molecular formula is C17H23NO4. The molecule has 1 aliphatic carbocycles. The number of carboxylic acid groups (broad SMARTS) is 1. The molecule has 0 saturated heterocycles. The molecule has 0 spiro atoms. The summed E-state index contributed by atoms with van der Waals surface area (Å²) in [6, 6.07) is 6.82. The predicted octanol–water partition coefficient (Wildman–Crippen LogP) is 2.70. The Balaban J connectivity index is 1.97. The van der Waals surface area contributed by atoms with Gasteiger partial charge in [0.25, 0.3) is 5.91 Å². The topological polar surface area (TPSA) is 75.6 Å². The fourth-order valence-corrected chi connectivity index (χ4v) is 3.00. The summed E-state index contributed by atoms with van der Waals surface area (Å²) in [5.74, 6) is 0.405. The summed E-state index contributed by atoms with van der Waals surface area (Å²) >= 11 is 0. The van der Waals surface area contributed by atoms with Gasteiger partial charge < -0.3 is 15.2 Å². The molecule has 1 fully saturated rings. The van der Waals surface area contributed by atoms with Crippen LogP contribution in [0.2, 0.25) is 0 Å². The number of hydrogen-bond acceptors (Lipinski definition) is 3. The van der Waals surface area contributed by atoms with Crippen molar-refractivity contribution in [1.29, 1.82) is 0 Å². The van der Waals surface area contributed by atoms with Gasteiger partial charge in [0.2, 0.25) is 0 Å². The largest absolute Gasteiger partial charge is 0.482 e.